The summed E-state index contributed by atoms with van der Waals surface area (Å²) in [6.45, 7) is 4.92. The Morgan fingerprint density at radius 3 is 2.71 bits per heavy atom. The van der Waals surface area contributed by atoms with Crippen molar-refractivity contribution in [3.63, 3.8) is 0 Å². The molecule has 0 fully saturated rings. The van der Waals surface area contributed by atoms with Crippen molar-refractivity contribution in [2.45, 2.75) is 26.8 Å². The summed E-state index contributed by atoms with van der Waals surface area (Å²) in [5.74, 6) is -0.331. The van der Waals surface area contributed by atoms with Crippen LogP contribution in [0.4, 0.5) is 0 Å². The van der Waals surface area contributed by atoms with Crippen LogP contribution in [0, 0.1) is 0 Å². The van der Waals surface area contributed by atoms with E-state index in [2.05, 4.69) is 24.2 Å². The van der Waals surface area contributed by atoms with Gasteiger partial charge in [-0.1, -0.05) is 37.3 Å². The van der Waals surface area contributed by atoms with E-state index in [1.807, 2.05) is 28.9 Å². The first kappa shape index (κ1) is 15.0. The van der Waals surface area contributed by atoms with Crippen LogP contribution in [0.15, 0.2) is 42.5 Å². The molecule has 21 heavy (non-hydrogen) atoms. The minimum Gasteiger partial charge on any atom is -0.463 e. The van der Waals surface area contributed by atoms with Crippen molar-refractivity contribution in [3.8, 4) is 0 Å². The zero-order valence-corrected chi connectivity index (χ0v) is 12.5. The number of hydrogen-bond donors (Lipinski definition) is 0. The molecule has 0 bridgehead atoms. The highest BCUT2D eigenvalue weighted by atomic mass is 16.5. The fourth-order valence-electron chi connectivity index (χ4n) is 2.02. The SMILES string of the molecule is CCOC(=O)/C=C/c1cc(CC)nn1Cc1ccccc1. The second-order valence-electron chi connectivity index (χ2n) is 4.64. The molecule has 0 spiro atoms. The van der Waals surface area contributed by atoms with Crippen LogP contribution in [0.25, 0.3) is 6.08 Å². The topological polar surface area (TPSA) is 44.1 Å². The molecule has 0 aliphatic heterocycles. The normalized spacial score (nSPS) is 11.0. The van der Waals surface area contributed by atoms with Crippen molar-refractivity contribution in [2.24, 2.45) is 0 Å². The molecular weight excluding hydrogens is 264 g/mol. The van der Waals surface area contributed by atoms with Crippen LogP contribution in [0.2, 0.25) is 0 Å². The lowest BCUT2D eigenvalue weighted by atomic mass is 10.2. The highest BCUT2D eigenvalue weighted by Crippen LogP contribution is 2.11. The number of nitrogens with zero attached hydrogens (tertiary/aromatic N) is 2. The first-order valence-electron chi connectivity index (χ1n) is 7.18. The van der Waals surface area contributed by atoms with Gasteiger partial charge in [-0.15, -0.1) is 0 Å². The third kappa shape index (κ3) is 4.31. The molecular formula is C17H20N2O2. The van der Waals surface area contributed by atoms with Crippen LogP contribution < -0.4 is 0 Å². The van der Waals surface area contributed by atoms with E-state index in [0.29, 0.717) is 13.2 Å². The molecule has 0 aliphatic rings. The van der Waals surface area contributed by atoms with Crippen molar-refractivity contribution < 1.29 is 9.53 Å². The maximum atomic E-state index is 11.4. The number of carbonyl (C=O) groups is 1. The van der Waals surface area contributed by atoms with E-state index in [-0.39, 0.29) is 5.97 Å². The first-order valence-corrected chi connectivity index (χ1v) is 7.18. The Hall–Kier alpha value is -2.36. The predicted molar refractivity (Wildman–Crippen MR) is 82.8 cm³/mol. The minimum absolute atomic E-state index is 0.331. The van der Waals surface area contributed by atoms with Gasteiger partial charge in [0.15, 0.2) is 0 Å². The average Bonchev–Trinajstić information content (AvgIpc) is 2.89. The number of esters is 1. The number of aromatic nitrogens is 2. The Kier molecular flexibility index (Phi) is 5.32. The monoisotopic (exact) mass is 284 g/mol. The van der Waals surface area contributed by atoms with Gasteiger partial charge in [-0.25, -0.2) is 4.79 Å². The quantitative estimate of drug-likeness (QED) is 0.605. The Morgan fingerprint density at radius 2 is 2.05 bits per heavy atom. The van der Waals surface area contributed by atoms with E-state index in [9.17, 15) is 4.79 Å². The van der Waals surface area contributed by atoms with Crippen molar-refractivity contribution in [2.75, 3.05) is 6.61 Å². The van der Waals surface area contributed by atoms with Gasteiger partial charge < -0.3 is 4.74 Å². The minimum atomic E-state index is -0.331. The van der Waals surface area contributed by atoms with Crippen LogP contribution in [-0.4, -0.2) is 22.4 Å². The summed E-state index contributed by atoms with van der Waals surface area (Å²) in [5, 5.41) is 4.56. The molecule has 0 saturated carbocycles. The number of benzene rings is 1. The van der Waals surface area contributed by atoms with Gasteiger partial charge in [0.25, 0.3) is 0 Å². The van der Waals surface area contributed by atoms with Crippen LogP contribution in [0.1, 0.15) is 30.8 Å². The fraction of sp³-hybridized carbons (Fsp3) is 0.294. The lowest BCUT2D eigenvalue weighted by Crippen LogP contribution is -2.05. The van der Waals surface area contributed by atoms with Crippen molar-refractivity contribution in [1.29, 1.82) is 0 Å². The van der Waals surface area contributed by atoms with Crippen LogP contribution in [-0.2, 0) is 22.5 Å². The Balaban J connectivity index is 2.20. The molecule has 2 rings (SSSR count). The molecule has 0 radical (unpaired) electrons. The lowest BCUT2D eigenvalue weighted by Gasteiger charge is -2.04. The summed E-state index contributed by atoms with van der Waals surface area (Å²) in [5.41, 5.74) is 3.09. The zero-order valence-electron chi connectivity index (χ0n) is 12.5. The number of carbonyl (C=O) groups excluding carboxylic acids is 1. The van der Waals surface area contributed by atoms with Gasteiger partial charge in [-0.3, -0.25) is 4.68 Å². The average molecular weight is 284 g/mol. The van der Waals surface area contributed by atoms with Crippen LogP contribution in [0.5, 0.6) is 0 Å². The largest absolute Gasteiger partial charge is 0.463 e. The molecule has 1 heterocycles. The number of hydrogen-bond acceptors (Lipinski definition) is 3. The molecule has 4 heteroatoms. The van der Waals surface area contributed by atoms with Crippen molar-refractivity contribution >= 4 is 12.0 Å². The molecule has 0 atom stereocenters. The Morgan fingerprint density at radius 1 is 1.29 bits per heavy atom. The second-order valence-corrected chi connectivity index (χ2v) is 4.64. The first-order chi connectivity index (χ1) is 10.2. The molecule has 2 aromatic rings. The van der Waals surface area contributed by atoms with Gasteiger partial charge in [0.05, 0.1) is 24.5 Å². The number of aryl methyl sites for hydroxylation is 1. The van der Waals surface area contributed by atoms with E-state index in [0.717, 1.165) is 17.8 Å². The van der Waals surface area contributed by atoms with E-state index in [1.165, 1.54) is 11.6 Å². The van der Waals surface area contributed by atoms with Gasteiger partial charge in [0, 0.05) is 6.08 Å². The van der Waals surface area contributed by atoms with E-state index < -0.39 is 0 Å². The summed E-state index contributed by atoms with van der Waals surface area (Å²) in [6, 6.07) is 12.1. The van der Waals surface area contributed by atoms with Gasteiger partial charge in [-0.2, -0.15) is 5.10 Å². The lowest BCUT2D eigenvalue weighted by molar-refractivity contribution is -0.137. The molecule has 4 nitrogen and oxygen atoms in total. The van der Waals surface area contributed by atoms with Crippen molar-refractivity contribution in [1.82, 2.24) is 9.78 Å². The summed E-state index contributed by atoms with van der Waals surface area (Å²) in [7, 11) is 0. The van der Waals surface area contributed by atoms with E-state index >= 15 is 0 Å². The van der Waals surface area contributed by atoms with E-state index in [4.69, 9.17) is 4.74 Å². The highest BCUT2D eigenvalue weighted by Gasteiger charge is 2.06. The summed E-state index contributed by atoms with van der Waals surface area (Å²) < 4.78 is 6.81. The highest BCUT2D eigenvalue weighted by molar-refractivity contribution is 5.86. The summed E-state index contributed by atoms with van der Waals surface area (Å²) in [4.78, 5) is 11.4. The predicted octanol–water partition coefficient (Wildman–Crippen LogP) is 3.07. The Bertz CT molecular complexity index is 615. The fourth-order valence-corrected chi connectivity index (χ4v) is 2.02. The second kappa shape index (κ2) is 7.43. The smallest absolute Gasteiger partial charge is 0.330 e. The molecule has 1 aromatic heterocycles. The molecule has 0 amide bonds. The van der Waals surface area contributed by atoms with E-state index in [1.54, 1.807) is 13.0 Å². The van der Waals surface area contributed by atoms with Crippen LogP contribution >= 0.6 is 0 Å². The zero-order chi connectivity index (χ0) is 15.1. The van der Waals surface area contributed by atoms with Crippen molar-refractivity contribution in [3.05, 3.63) is 59.4 Å². The maximum absolute atomic E-state index is 11.4. The molecule has 1 aromatic carbocycles. The van der Waals surface area contributed by atoms with Gasteiger partial charge in [0.2, 0.25) is 0 Å². The molecule has 0 N–H and O–H groups in total. The third-order valence-electron chi connectivity index (χ3n) is 3.08. The Labute approximate surface area is 125 Å². The molecule has 0 unspecified atom stereocenters. The third-order valence-corrected chi connectivity index (χ3v) is 3.08. The summed E-state index contributed by atoms with van der Waals surface area (Å²) in [6.07, 6.45) is 4.07. The van der Waals surface area contributed by atoms with Crippen LogP contribution in [0.3, 0.4) is 0 Å². The molecule has 0 saturated heterocycles. The number of rotatable bonds is 6. The maximum Gasteiger partial charge on any atom is 0.330 e. The van der Waals surface area contributed by atoms with Gasteiger partial charge in [0.1, 0.15) is 0 Å². The van der Waals surface area contributed by atoms with Gasteiger partial charge >= 0.3 is 5.97 Å². The summed E-state index contributed by atoms with van der Waals surface area (Å²) >= 11 is 0. The van der Waals surface area contributed by atoms with Gasteiger partial charge in [-0.05, 0) is 31.1 Å². The molecule has 0 aliphatic carbocycles. The molecule has 110 valence electrons. The number of ether oxygens (including phenoxy) is 1. The standard InChI is InChI=1S/C17H20N2O2/c1-3-15-12-16(10-11-17(20)21-4-2)19(18-15)13-14-8-6-5-7-9-14/h5-12H,3-4,13H2,1-2H3/b11-10+.